The number of fused-ring (bicyclic) bond motifs is 1. The maximum atomic E-state index is 14.0. The number of nitrogens with one attached hydrogen (secondary N) is 1. The summed E-state index contributed by atoms with van der Waals surface area (Å²) < 4.78 is 18.7. The van der Waals surface area contributed by atoms with Gasteiger partial charge in [0.1, 0.15) is 12.4 Å². The second-order valence-corrected chi connectivity index (χ2v) is 12.2. The number of carboxylic acids is 1. The number of Topliss-reactive ketones (excluding diaryl/α,β-unsaturated/α-hetero) is 1. The number of rotatable bonds is 9. The van der Waals surface area contributed by atoms with Crippen molar-refractivity contribution in [1.82, 2.24) is 9.88 Å². The van der Waals surface area contributed by atoms with E-state index in [1.165, 1.54) is 0 Å². The Morgan fingerprint density at radius 1 is 1.07 bits per heavy atom. The summed E-state index contributed by atoms with van der Waals surface area (Å²) in [6, 6.07) is 6.20. The van der Waals surface area contributed by atoms with Gasteiger partial charge in [-0.2, -0.15) is 0 Å². The van der Waals surface area contributed by atoms with Gasteiger partial charge >= 0.3 is 5.97 Å². The van der Waals surface area contributed by atoms with Crippen LogP contribution in [0.2, 0.25) is 0 Å². The van der Waals surface area contributed by atoms with Crippen LogP contribution < -0.4 is 5.73 Å². The molecule has 0 spiro atoms. The number of halogens is 2. The Hall–Kier alpha value is -2.49. The Morgan fingerprint density at radius 3 is 2.41 bits per heavy atom. The standard InChI is InChI=1S/C31H42FN3O5.ClH/c1-40-23-9-7-19(8-10-23)24-12-13-35(30(37)21-5-3-20(4-6-21)25(33)17-32)29(24)28(36)15-18-2-11-26-22(14-18)16-27(34-26)31(38)39;/h2,11,14,16,19-21,23-25,29,34H,3-10,12-13,15,17,33H2,1H3,(H,38,39);1H/t19?,20?,21?,23?,24-,25+,29-;/m0./s1. The van der Waals surface area contributed by atoms with E-state index in [4.69, 9.17) is 10.5 Å². The predicted octanol–water partition coefficient (Wildman–Crippen LogP) is 4.93. The first-order chi connectivity index (χ1) is 19.3. The number of aromatic carboxylic acids is 1. The molecule has 1 aromatic carbocycles. The van der Waals surface area contributed by atoms with Crippen LogP contribution in [0.3, 0.4) is 0 Å². The zero-order valence-electron chi connectivity index (χ0n) is 23.7. The number of methoxy groups -OCH3 is 1. The fourth-order valence-electron chi connectivity index (χ4n) is 7.59. The topological polar surface area (TPSA) is 126 Å². The van der Waals surface area contributed by atoms with E-state index in [9.17, 15) is 23.9 Å². The number of carbonyl (C=O) groups is 3. The number of hydrogen-bond donors (Lipinski definition) is 3. The number of hydrogen-bond acceptors (Lipinski definition) is 5. The highest BCUT2D eigenvalue weighted by atomic mass is 35.5. The molecule has 3 fully saturated rings. The average Bonchev–Trinajstić information content (AvgIpc) is 3.61. The summed E-state index contributed by atoms with van der Waals surface area (Å²) in [5, 5.41) is 10.1. The molecule has 1 aliphatic heterocycles. The van der Waals surface area contributed by atoms with Crippen molar-refractivity contribution in [2.24, 2.45) is 29.4 Å². The largest absolute Gasteiger partial charge is 0.477 e. The van der Waals surface area contributed by atoms with Crippen LogP contribution in [0.25, 0.3) is 10.9 Å². The molecule has 0 radical (unpaired) electrons. The highest BCUT2D eigenvalue weighted by Gasteiger charge is 2.47. The summed E-state index contributed by atoms with van der Waals surface area (Å²) in [6.45, 7) is 0.0536. The maximum Gasteiger partial charge on any atom is 0.352 e. The van der Waals surface area contributed by atoms with Crippen LogP contribution in [0, 0.1) is 23.7 Å². The Morgan fingerprint density at radius 2 is 1.78 bits per heavy atom. The molecule has 4 N–H and O–H groups in total. The third kappa shape index (κ3) is 6.78. The lowest BCUT2D eigenvalue weighted by molar-refractivity contribution is -0.143. The Kier molecular flexibility index (Phi) is 10.5. The van der Waals surface area contributed by atoms with Gasteiger partial charge in [0.25, 0.3) is 0 Å². The minimum absolute atomic E-state index is 0. The van der Waals surface area contributed by atoms with Gasteiger partial charge < -0.3 is 25.5 Å². The number of ketones is 1. The molecule has 226 valence electrons. The van der Waals surface area contributed by atoms with Crippen LogP contribution in [0.5, 0.6) is 0 Å². The number of nitrogens with zero attached hydrogens (tertiary/aromatic N) is 1. The molecule has 2 aromatic rings. The summed E-state index contributed by atoms with van der Waals surface area (Å²) in [5.41, 5.74) is 7.58. The number of alkyl halides is 1. The molecular weight excluding hydrogens is 549 g/mol. The molecule has 1 aromatic heterocycles. The number of likely N-dealkylation sites (tertiary alicyclic amines) is 1. The van der Waals surface area contributed by atoms with E-state index in [-0.39, 0.29) is 60.1 Å². The molecule has 0 unspecified atom stereocenters. The smallest absolute Gasteiger partial charge is 0.352 e. The molecule has 1 saturated heterocycles. The Bertz CT molecular complexity index is 1220. The maximum absolute atomic E-state index is 14.0. The highest BCUT2D eigenvalue weighted by Crippen LogP contribution is 2.42. The quantitative estimate of drug-likeness (QED) is 0.380. The molecule has 2 heterocycles. The number of amides is 1. The number of nitrogens with two attached hydrogens (primary N) is 1. The zero-order chi connectivity index (χ0) is 28.4. The lowest BCUT2D eigenvalue weighted by Crippen LogP contribution is -2.48. The second kappa shape index (κ2) is 13.7. The van der Waals surface area contributed by atoms with E-state index in [1.807, 2.05) is 23.1 Å². The number of ether oxygens (including phenoxy) is 1. The summed E-state index contributed by atoms with van der Waals surface area (Å²) in [6.07, 6.45) is 8.08. The van der Waals surface area contributed by atoms with Crippen molar-refractivity contribution in [1.29, 1.82) is 0 Å². The summed E-state index contributed by atoms with van der Waals surface area (Å²) >= 11 is 0. The van der Waals surface area contributed by atoms with Crippen molar-refractivity contribution < 1.29 is 28.6 Å². The molecule has 3 atom stereocenters. The van der Waals surface area contributed by atoms with Crippen LogP contribution in [0.4, 0.5) is 4.39 Å². The summed E-state index contributed by atoms with van der Waals surface area (Å²) in [7, 11) is 1.75. The van der Waals surface area contributed by atoms with E-state index >= 15 is 0 Å². The van der Waals surface area contributed by atoms with Crippen molar-refractivity contribution in [2.75, 3.05) is 20.3 Å². The van der Waals surface area contributed by atoms with Gasteiger partial charge in [-0.25, -0.2) is 9.18 Å². The SMILES string of the molecule is COC1CCC([C@@H]2CCN(C(=O)C3CCC([C@H](N)CF)CC3)[C@@H]2C(=O)Cc2ccc3[nH]c(C(=O)O)cc3c2)CC1.Cl. The fourth-order valence-corrected chi connectivity index (χ4v) is 7.59. The molecular formula is C31H43ClFN3O5. The fraction of sp³-hybridized carbons (Fsp3) is 0.645. The number of H-pyrrole nitrogens is 1. The first kappa shape index (κ1) is 31.4. The first-order valence-electron chi connectivity index (χ1n) is 14.8. The number of aromatic nitrogens is 1. The van der Waals surface area contributed by atoms with Gasteiger partial charge in [0, 0.05) is 42.9 Å². The van der Waals surface area contributed by atoms with E-state index in [0.717, 1.165) is 55.9 Å². The van der Waals surface area contributed by atoms with Crippen molar-refractivity contribution in [2.45, 2.75) is 82.4 Å². The lowest BCUT2D eigenvalue weighted by atomic mass is 9.74. The molecule has 1 amide bonds. The normalized spacial score (nSPS) is 29.2. The van der Waals surface area contributed by atoms with Gasteiger partial charge in [0.05, 0.1) is 12.1 Å². The van der Waals surface area contributed by atoms with Crippen LogP contribution in [0.15, 0.2) is 24.3 Å². The molecule has 3 aliphatic rings. The number of carboxylic acid groups (broad SMARTS) is 1. The number of carbonyl (C=O) groups excluding carboxylic acids is 2. The molecule has 0 bridgehead atoms. The minimum Gasteiger partial charge on any atom is -0.477 e. The van der Waals surface area contributed by atoms with Crippen LogP contribution >= 0.6 is 12.4 Å². The molecule has 2 saturated carbocycles. The Labute approximate surface area is 247 Å². The molecule has 10 heteroatoms. The molecule has 5 rings (SSSR count). The van der Waals surface area contributed by atoms with Gasteiger partial charge in [-0.1, -0.05) is 6.07 Å². The van der Waals surface area contributed by atoms with Crippen molar-refractivity contribution in [3.05, 3.63) is 35.5 Å². The van der Waals surface area contributed by atoms with Crippen LogP contribution in [-0.2, 0) is 20.7 Å². The van der Waals surface area contributed by atoms with E-state index in [1.54, 1.807) is 13.2 Å². The number of benzene rings is 1. The minimum atomic E-state index is -1.03. The van der Waals surface area contributed by atoms with Crippen molar-refractivity contribution in [3.8, 4) is 0 Å². The van der Waals surface area contributed by atoms with Gasteiger partial charge in [-0.3, -0.25) is 9.59 Å². The number of aromatic amines is 1. The zero-order valence-corrected chi connectivity index (χ0v) is 24.5. The first-order valence-corrected chi connectivity index (χ1v) is 14.8. The molecule has 41 heavy (non-hydrogen) atoms. The lowest BCUT2D eigenvalue weighted by Gasteiger charge is -2.37. The van der Waals surface area contributed by atoms with E-state index in [2.05, 4.69) is 4.98 Å². The van der Waals surface area contributed by atoms with Crippen LogP contribution in [-0.4, -0.2) is 71.2 Å². The highest BCUT2D eigenvalue weighted by molar-refractivity contribution is 5.95. The third-order valence-electron chi connectivity index (χ3n) is 9.91. The van der Waals surface area contributed by atoms with Gasteiger partial charge in [0.2, 0.25) is 5.91 Å². The predicted molar refractivity (Wildman–Crippen MR) is 157 cm³/mol. The van der Waals surface area contributed by atoms with Crippen LogP contribution in [0.1, 0.15) is 73.8 Å². The van der Waals surface area contributed by atoms with E-state index < -0.39 is 24.7 Å². The van der Waals surface area contributed by atoms with E-state index in [0.29, 0.717) is 30.8 Å². The third-order valence-corrected chi connectivity index (χ3v) is 9.91. The van der Waals surface area contributed by atoms with Gasteiger partial charge in [-0.05, 0) is 99.3 Å². The van der Waals surface area contributed by atoms with Gasteiger partial charge in [-0.15, -0.1) is 12.4 Å². The second-order valence-electron chi connectivity index (χ2n) is 12.2. The summed E-state index contributed by atoms with van der Waals surface area (Å²) in [5.74, 6) is -0.453. The molecule has 8 nitrogen and oxygen atoms in total. The Balaban J connectivity index is 0.00000387. The van der Waals surface area contributed by atoms with Gasteiger partial charge in [0.15, 0.2) is 5.78 Å². The summed E-state index contributed by atoms with van der Waals surface area (Å²) in [4.78, 5) is 44.0. The monoisotopic (exact) mass is 591 g/mol. The average molecular weight is 592 g/mol. The molecule has 2 aliphatic carbocycles. The van der Waals surface area contributed by atoms with Crippen molar-refractivity contribution in [3.63, 3.8) is 0 Å². The van der Waals surface area contributed by atoms with Crippen molar-refractivity contribution >= 4 is 41.0 Å².